The molecule has 2 N–H and O–H groups in total. The molecule has 22 heavy (non-hydrogen) atoms. The highest BCUT2D eigenvalue weighted by Gasteiger charge is 2.26. The summed E-state index contributed by atoms with van der Waals surface area (Å²) >= 11 is 0. The third kappa shape index (κ3) is 4.06. The highest BCUT2D eigenvalue weighted by atomic mass is 32.2. The van der Waals surface area contributed by atoms with Crippen LogP contribution in [0, 0.1) is 5.92 Å². The Morgan fingerprint density at radius 1 is 1.36 bits per heavy atom. The predicted molar refractivity (Wildman–Crippen MR) is 83.2 cm³/mol. The molecule has 6 nitrogen and oxygen atoms in total. The average molecular weight is 326 g/mol. The summed E-state index contributed by atoms with van der Waals surface area (Å²) in [5.74, 6) is -0.214. The lowest BCUT2D eigenvalue weighted by atomic mass is 9.97. The van der Waals surface area contributed by atoms with E-state index in [0.29, 0.717) is 5.56 Å². The standard InChI is InChI=1S/C15H22N2O4S/c1-3-21-15(18)12-4-6-13(7-5-12)22(19,20)17-14-8-9-16-10-11(14)2/h4-7,11,14,16-17H,3,8-10H2,1-2H3. The van der Waals surface area contributed by atoms with Gasteiger partial charge in [-0.3, -0.25) is 0 Å². The van der Waals surface area contributed by atoms with E-state index in [1.165, 1.54) is 24.3 Å². The van der Waals surface area contributed by atoms with Gasteiger partial charge in [0, 0.05) is 6.04 Å². The van der Waals surface area contributed by atoms with E-state index >= 15 is 0 Å². The highest BCUT2D eigenvalue weighted by molar-refractivity contribution is 7.89. The predicted octanol–water partition coefficient (Wildman–Crippen LogP) is 1.14. The second kappa shape index (κ2) is 7.21. The van der Waals surface area contributed by atoms with Gasteiger partial charge in [0.1, 0.15) is 0 Å². The van der Waals surface area contributed by atoms with Gasteiger partial charge in [-0.25, -0.2) is 17.9 Å². The van der Waals surface area contributed by atoms with Crippen molar-refractivity contribution in [3.63, 3.8) is 0 Å². The van der Waals surface area contributed by atoms with Crippen LogP contribution in [-0.2, 0) is 14.8 Å². The van der Waals surface area contributed by atoms with Gasteiger partial charge < -0.3 is 10.1 Å². The van der Waals surface area contributed by atoms with E-state index in [9.17, 15) is 13.2 Å². The van der Waals surface area contributed by atoms with E-state index in [-0.39, 0.29) is 23.5 Å². The second-order valence-electron chi connectivity index (χ2n) is 5.44. The number of esters is 1. The maximum Gasteiger partial charge on any atom is 0.338 e. The van der Waals surface area contributed by atoms with E-state index in [0.717, 1.165) is 19.5 Å². The Hall–Kier alpha value is -1.44. The van der Waals surface area contributed by atoms with Gasteiger partial charge in [0.25, 0.3) is 0 Å². The first-order chi connectivity index (χ1) is 10.4. The molecule has 1 aromatic carbocycles. The quantitative estimate of drug-likeness (QED) is 0.793. The first-order valence-corrected chi connectivity index (χ1v) is 8.92. The lowest BCUT2D eigenvalue weighted by Crippen LogP contribution is -2.48. The van der Waals surface area contributed by atoms with Crippen molar-refractivity contribution in [3.8, 4) is 0 Å². The number of piperidine rings is 1. The van der Waals surface area contributed by atoms with Gasteiger partial charge in [-0.2, -0.15) is 0 Å². The number of ether oxygens (including phenoxy) is 1. The normalized spacial score (nSPS) is 22.3. The molecule has 1 aliphatic heterocycles. The lowest BCUT2D eigenvalue weighted by molar-refractivity contribution is 0.0526. The van der Waals surface area contributed by atoms with Crippen LogP contribution in [0.1, 0.15) is 30.6 Å². The van der Waals surface area contributed by atoms with Crippen LogP contribution in [0.3, 0.4) is 0 Å². The Labute approximate surface area is 131 Å². The fourth-order valence-corrected chi connectivity index (χ4v) is 3.82. The molecule has 1 heterocycles. The molecule has 2 unspecified atom stereocenters. The van der Waals surface area contributed by atoms with Crippen LogP contribution in [0.25, 0.3) is 0 Å². The van der Waals surface area contributed by atoms with Crippen LogP contribution in [0.4, 0.5) is 0 Å². The molecule has 0 aromatic heterocycles. The van der Waals surface area contributed by atoms with Gasteiger partial charge in [-0.1, -0.05) is 6.92 Å². The molecule has 0 aliphatic carbocycles. The van der Waals surface area contributed by atoms with Gasteiger partial charge >= 0.3 is 5.97 Å². The summed E-state index contributed by atoms with van der Waals surface area (Å²) in [4.78, 5) is 11.7. The van der Waals surface area contributed by atoms with Crippen LogP contribution < -0.4 is 10.0 Å². The Balaban J connectivity index is 2.10. The molecule has 1 aromatic rings. The van der Waals surface area contributed by atoms with E-state index in [4.69, 9.17) is 4.74 Å². The summed E-state index contributed by atoms with van der Waals surface area (Å²) in [6, 6.07) is 5.73. The maximum absolute atomic E-state index is 12.4. The van der Waals surface area contributed by atoms with Gasteiger partial charge in [0.05, 0.1) is 17.1 Å². The minimum Gasteiger partial charge on any atom is -0.462 e. The Bertz CT molecular complexity index is 613. The van der Waals surface area contributed by atoms with Crippen molar-refractivity contribution in [2.45, 2.75) is 31.2 Å². The minimum atomic E-state index is -3.58. The zero-order valence-corrected chi connectivity index (χ0v) is 13.7. The molecule has 1 saturated heterocycles. The number of benzene rings is 1. The third-order valence-corrected chi connectivity index (χ3v) is 5.27. The van der Waals surface area contributed by atoms with Crippen LogP contribution in [0.2, 0.25) is 0 Å². The van der Waals surface area contributed by atoms with E-state index in [1.54, 1.807) is 6.92 Å². The summed E-state index contributed by atoms with van der Waals surface area (Å²) in [7, 11) is -3.58. The van der Waals surface area contributed by atoms with Crippen molar-refractivity contribution >= 4 is 16.0 Å². The lowest BCUT2D eigenvalue weighted by Gasteiger charge is -2.29. The number of rotatable bonds is 5. The maximum atomic E-state index is 12.4. The molecular formula is C15H22N2O4S. The van der Waals surface area contributed by atoms with Crippen molar-refractivity contribution in [2.24, 2.45) is 5.92 Å². The van der Waals surface area contributed by atoms with Crippen LogP contribution in [-0.4, -0.2) is 40.1 Å². The molecule has 1 fully saturated rings. The molecule has 122 valence electrons. The number of hydrogen-bond acceptors (Lipinski definition) is 5. The first-order valence-electron chi connectivity index (χ1n) is 7.44. The Kier molecular flexibility index (Phi) is 5.55. The van der Waals surface area contributed by atoms with Gasteiger partial charge in [-0.05, 0) is 56.6 Å². The summed E-state index contributed by atoms with van der Waals surface area (Å²) in [6.07, 6.45) is 0.765. The Morgan fingerprint density at radius 3 is 2.64 bits per heavy atom. The highest BCUT2D eigenvalue weighted by Crippen LogP contribution is 2.16. The fourth-order valence-electron chi connectivity index (χ4n) is 2.44. The van der Waals surface area contributed by atoms with Crippen LogP contribution >= 0.6 is 0 Å². The number of nitrogens with one attached hydrogen (secondary N) is 2. The summed E-state index contributed by atoms with van der Waals surface area (Å²) in [6.45, 7) is 5.63. The molecule has 2 rings (SSSR count). The average Bonchev–Trinajstić information content (AvgIpc) is 2.50. The van der Waals surface area contributed by atoms with Crippen molar-refractivity contribution in [2.75, 3.05) is 19.7 Å². The molecule has 0 saturated carbocycles. The third-order valence-electron chi connectivity index (χ3n) is 3.77. The van der Waals surface area contributed by atoms with Crippen molar-refractivity contribution in [1.29, 1.82) is 0 Å². The zero-order chi connectivity index (χ0) is 16.2. The summed E-state index contributed by atoms with van der Waals surface area (Å²) in [5, 5.41) is 3.24. The van der Waals surface area contributed by atoms with E-state index < -0.39 is 16.0 Å². The summed E-state index contributed by atoms with van der Waals surface area (Å²) in [5.41, 5.74) is 0.344. The minimum absolute atomic E-state index is 0.0732. The molecule has 0 spiro atoms. The van der Waals surface area contributed by atoms with Gasteiger partial charge in [0.15, 0.2) is 0 Å². The van der Waals surface area contributed by atoms with Crippen LogP contribution in [0.15, 0.2) is 29.2 Å². The second-order valence-corrected chi connectivity index (χ2v) is 7.16. The van der Waals surface area contributed by atoms with Crippen LogP contribution in [0.5, 0.6) is 0 Å². The monoisotopic (exact) mass is 326 g/mol. The smallest absolute Gasteiger partial charge is 0.338 e. The van der Waals surface area contributed by atoms with Crippen molar-refractivity contribution in [3.05, 3.63) is 29.8 Å². The molecular weight excluding hydrogens is 304 g/mol. The first kappa shape index (κ1) is 16.9. The summed E-state index contributed by atoms with van der Waals surface area (Å²) < 4.78 is 32.4. The number of carbonyl (C=O) groups excluding carboxylic acids is 1. The molecule has 0 amide bonds. The number of sulfonamides is 1. The molecule has 0 bridgehead atoms. The number of carbonyl (C=O) groups is 1. The van der Waals surface area contributed by atoms with Gasteiger partial charge in [0.2, 0.25) is 10.0 Å². The van der Waals surface area contributed by atoms with Crippen molar-refractivity contribution < 1.29 is 17.9 Å². The van der Waals surface area contributed by atoms with E-state index in [1.807, 2.05) is 6.92 Å². The number of hydrogen-bond donors (Lipinski definition) is 2. The molecule has 0 radical (unpaired) electrons. The largest absolute Gasteiger partial charge is 0.462 e. The Morgan fingerprint density at radius 2 is 2.05 bits per heavy atom. The fraction of sp³-hybridized carbons (Fsp3) is 0.533. The molecule has 7 heteroatoms. The molecule has 2 atom stereocenters. The van der Waals surface area contributed by atoms with E-state index in [2.05, 4.69) is 10.0 Å². The SMILES string of the molecule is CCOC(=O)c1ccc(S(=O)(=O)NC2CCNCC2C)cc1. The van der Waals surface area contributed by atoms with Gasteiger partial charge in [-0.15, -0.1) is 0 Å². The van der Waals surface area contributed by atoms with Crippen molar-refractivity contribution in [1.82, 2.24) is 10.0 Å². The zero-order valence-electron chi connectivity index (χ0n) is 12.8. The topological polar surface area (TPSA) is 84.5 Å². The molecule has 1 aliphatic rings.